The molecule has 3 aromatic rings. The molecule has 0 spiro atoms. The predicted molar refractivity (Wildman–Crippen MR) is 125 cm³/mol. The Hall–Kier alpha value is -3.42. The van der Waals surface area contributed by atoms with Crippen molar-refractivity contribution in [1.29, 1.82) is 0 Å². The van der Waals surface area contributed by atoms with Crippen LogP contribution in [0.5, 0.6) is 5.75 Å². The second-order valence-corrected chi connectivity index (χ2v) is 9.21. The van der Waals surface area contributed by atoms with Crippen molar-refractivity contribution < 1.29 is 14.3 Å². The van der Waals surface area contributed by atoms with Gasteiger partial charge in [0.15, 0.2) is 0 Å². The number of hydrogen-bond acceptors (Lipinski definition) is 5. The summed E-state index contributed by atoms with van der Waals surface area (Å²) in [7, 11) is 0. The van der Waals surface area contributed by atoms with Crippen molar-refractivity contribution in [3.05, 3.63) is 48.4 Å². The predicted octanol–water partition coefficient (Wildman–Crippen LogP) is 4.09. The zero-order valence-electron chi connectivity index (χ0n) is 18.8. The number of anilines is 1. The van der Waals surface area contributed by atoms with Gasteiger partial charge in [-0.15, -0.1) is 0 Å². The van der Waals surface area contributed by atoms with E-state index in [0.29, 0.717) is 36.2 Å². The van der Waals surface area contributed by atoms with Crippen LogP contribution in [0, 0.1) is 5.92 Å². The molecule has 1 atom stereocenters. The molecule has 0 bridgehead atoms. The van der Waals surface area contributed by atoms with Crippen LogP contribution < -0.4 is 15.4 Å². The van der Waals surface area contributed by atoms with Crippen molar-refractivity contribution in [2.24, 2.45) is 5.92 Å². The van der Waals surface area contributed by atoms with E-state index in [-0.39, 0.29) is 17.9 Å². The standard InChI is InChI=1S/C25H29N5O3/c1-16-5-8-19(9-6-16)30-14-17-12-22(28-25(32)20-4-2-3-11-26-20)23(13-21(17)29-30)33-15-18-7-10-24(31)27-18/h2-4,11-14,16,18-19H,5-10,15H2,1H3,(H,27,31)(H,28,32)/t16?,18-,19?/m1/s1. The number of rotatable bonds is 6. The number of hydrogen-bond donors (Lipinski definition) is 2. The second kappa shape index (κ2) is 9.21. The fourth-order valence-corrected chi connectivity index (χ4v) is 4.66. The van der Waals surface area contributed by atoms with Gasteiger partial charge in [-0.3, -0.25) is 19.3 Å². The van der Waals surface area contributed by atoms with Gasteiger partial charge in [0.05, 0.1) is 23.3 Å². The SMILES string of the molecule is CC1CCC(n2cc3cc(NC(=O)c4ccccn4)c(OC[C@H]4CCC(=O)N4)cc3n2)CC1. The number of ether oxygens (including phenoxy) is 1. The Kier molecular flexibility index (Phi) is 5.98. The van der Waals surface area contributed by atoms with Crippen LogP contribution in [0.25, 0.3) is 10.9 Å². The molecule has 0 unspecified atom stereocenters. The molecule has 33 heavy (non-hydrogen) atoms. The van der Waals surface area contributed by atoms with Gasteiger partial charge in [0.1, 0.15) is 18.1 Å². The van der Waals surface area contributed by atoms with E-state index in [2.05, 4.69) is 33.4 Å². The number of nitrogens with zero attached hydrogens (tertiary/aromatic N) is 3. The summed E-state index contributed by atoms with van der Waals surface area (Å²) in [6.07, 6.45) is 9.60. The summed E-state index contributed by atoms with van der Waals surface area (Å²) in [5, 5.41) is 11.6. The van der Waals surface area contributed by atoms with E-state index in [9.17, 15) is 9.59 Å². The molecule has 5 rings (SSSR count). The number of pyridine rings is 1. The highest BCUT2D eigenvalue weighted by Gasteiger charge is 2.24. The van der Waals surface area contributed by atoms with Gasteiger partial charge < -0.3 is 15.4 Å². The average Bonchev–Trinajstić information content (AvgIpc) is 3.44. The Labute approximate surface area is 192 Å². The number of carbonyl (C=O) groups is 2. The minimum absolute atomic E-state index is 0.0330. The fourth-order valence-electron chi connectivity index (χ4n) is 4.66. The van der Waals surface area contributed by atoms with Crippen LogP contribution in [0.15, 0.2) is 42.7 Å². The molecule has 2 aromatic heterocycles. The minimum Gasteiger partial charge on any atom is -0.489 e. The summed E-state index contributed by atoms with van der Waals surface area (Å²) in [6.45, 7) is 2.65. The molecular weight excluding hydrogens is 418 g/mol. The van der Waals surface area contributed by atoms with Crippen molar-refractivity contribution in [2.75, 3.05) is 11.9 Å². The molecule has 2 N–H and O–H groups in total. The number of aromatic nitrogens is 3. The van der Waals surface area contributed by atoms with Gasteiger partial charge in [-0.2, -0.15) is 5.10 Å². The van der Waals surface area contributed by atoms with Crippen LogP contribution in [-0.2, 0) is 4.79 Å². The number of nitrogens with one attached hydrogen (secondary N) is 2. The molecule has 172 valence electrons. The first-order valence-electron chi connectivity index (χ1n) is 11.7. The molecule has 8 nitrogen and oxygen atoms in total. The second-order valence-electron chi connectivity index (χ2n) is 9.21. The van der Waals surface area contributed by atoms with Gasteiger partial charge >= 0.3 is 0 Å². The van der Waals surface area contributed by atoms with E-state index in [1.54, 1.807) is 24.4 Å². The zero-order chi connectivity index (χ0) is 22.8. The molecule has 1 saturated heterocycles. The lowest BCUT2D eigenvalue weighted by molar-refractivity contribution is -0.119. The van der Waals surface area contributed by atoms with Crippen LogP contribution in [0.3, 0.4) is 0 Å². The van der Waals surface area contributed by atoms with Crippen LogP contribution >= 0.6 is 0 Å². The van der Waals surface area contributed by atoms with Gasteiger partial charge in [0, 0.05) is 30.3 Å². The molecule has 1 aromatic carbocycles. The Bertz CT molecular complexity index is 1150. The quantitative estimate of drug-likeness (QED) is 0.593. The van der Waals surface area contributed by atoms with Gasteiger partial charge in [0.25, 0.3) is 5.91 Å². The van der Waals surface area contributed by atoms with Crippen molar-refractivity contribution in [3.8, 4) is 5.75 Å². The van der Waals surface area contributed by atoms with Crippen LogP contribution in [0.1, 0.15) is 62.0 Å². The topological polar surface area (TPSA) is 98.1 Å². The Morgan fingerprint density at radius 2 is 2.06 bits per heavy atom. The van der Waals surface area contributed by atoms with E-state index < -0.39 is 0 Å². The molecule has 2 fully saturated rings. The number of amides is 2. The Morgan fingerprint density at radius 1 is 1.21 bits per heavy atom. The third-order valence-electron chi connectivity index (χ3n) is 6.65. The van der Waals surface area contributed by atoms with E-state index in [0.717, 1.165) is 36.1 Å². The van der Waals surface area contributed by atoms with Crippen LogP contribution in [0.2, 0.25) is 0 Å². The lowest BCUT2D eigenvalue weighted by Gasteiger charge is -2.26. The number of benzene rings is 1. The lowest BCUT2D eigenvalue weighted by atomic mass is 9.87. The third kappa shape index (κ3) is 4.84. The average molecular weight is 448 g/mol. The monoisotopic (exact) mass is 447 g/mol. The molecule has 2 amide bonds. The summed E-state index contributed by atoms with van der Waals surface area (Å²) in [4.78, 5) is 28.5. The van der Waals surface area contributed by atoms with Crippen molar-refractivity contribution in [1.82, 2.24) is 20.1 Å². The number of carbonyl (C=O) groups excluding carboxylic acids is 2. The lowest BCUT2D eigenvalue weighted by Crippen LogP contribution is -2.31. The van der Waals surface area contributed by atoms with E-state index in [1.807, 2.05) is 12.1 Å². The molecule has 1 saturated carbocycles. The molecule has 2 aliphatic rings. The molecule has 1 aliphatic carbocycles. The Balaban J connectivity index is 1.42. The smallest absolute Gasteiger partial charge is 0.274 e. The summed E-state index contributed by atoms with van der Waals surface area (Å²) in [5.41, 5.74) is 1.73. The molecule has 1 aliphatic heterocycles. The highest BCUT2D eigenvalue weighted by molar-refractivity contribution is 6.05. The van der Waals surface area contributed by atoms with Gasteiger partial charge in [-0.05, 0) is 56.2 Å². The normalized spacial score (nSPS) is 22.8. The molecule has 0 radical (unpaired) electrons. The van der Waals surface area contributed by atoms with E-state index in [1.165, 1.54) is 12.8 Å². The van der Waals surface area contributed by atoms with Gasteiger partial charge in [0.2, 0.25) is 5.91 Å². The minimum atomic E-state index is -0.303. The summed E-state index contributed by atoms with van der Waals surface area (Å²) < 4.78 is 8.16. The van der Waals surface area contributed by atoms with Crippen LogP contribution in [-0.4, -0.2) is 39.2 Å². The highest BCUT2D eigenvalue weighted by atomic mass is 16.5. The first-order valence-corrected chi connectivity index (χ1v) is 11.7. The van der Waals surface area contributed by atoms with Crippen molar-refractivity contribution in [2.45, 2.75) is 57.5 Å². The van der Waals surface area contributed by atoms with E-state index >= 15 is 0 Å². The van der Waals surface area contributed by atoms with Crippen LogP contribution in [0.4, 0.5) is 5.69 Å². The third-order valence-corrected chi connectivity index (χ3v) is 6.65. The summed E-state index contributed by atoms with van der Waals surface area (Å²) in [5.74, 6) is 1.05. The van der Waals surface area contributed by atoms with E-state index in [4.69, 9.17) is 9.84 Å². The highest BCUT2D eigenvalue weighted by Crippen LogP contribution is 2.35. The maximum absolute atomic E-state index is 12.8. The first-order chi connectivity index (χ1) is 16.0. The van der Waals surface area contributed by atoms with Crippen molar-refractivity contribution in [3.63, 3.8) is 0 Å². The molecule has 8 heteroatoms. The van der Waals surface area contributed by atoms with Crippen molar-refractivity contribution >= 4 is 28.4 Å². The van der Waals surface area contributed by atoms with Gasteiger partial charge in [-0.1, -0.05) is 13.0 Å². The maximum atomic E-state index is 12.8. The molecular formula is C25H29N5O3. The fraction of sp³-hybridized carbons (Fsp3) is 0.440. The molecule has 3 heterocycles. The van der Waals surface area contributed by atoms with Gasteiger partial charge in [-0.25, -0.2) is 0 Å². The first kappa shape index (κ1) is 21.4. The zero-order valence-corrected chi connectivity index (χ0v) is 18.8. The Morgan fingerprint density at radius 3 is 2.79 bits per heavy atom. The summed E-state index contributed by atoms with van der Waals surface area (Å²) in [6, 6.07) is 9.38. The number of fused-ring (bicyclic) bond motifs is 1. The maximum Gasteiger partial charge on any atom is 0.274 e. The summed E-state index contributed by atoms with van der Waals surface area (Å²) >= 11 is 0. The largest absolute Gasteiger partial charge is 0.489 e.